The molecule has 0 saturated heterocycles. The summed E-state index contributed by atoms with van der Waals surface area (Å²) in [5.74, 6) is 1.72. The van der Waals surface area contributed by atoms with Gasteiger partial charge in [0, 0.05) is 0 Å². The van der Waals surface area contributed by atoms with E-state index in [4.69, 9.17) is 9.47 Å². The van der Waals surface area contributed by atoms with E-state index in [0.29, 0.717) is 6.61 Å². The fourth-order valence-electron chi connectivity index (χ4n) is 2.73. The lowest BCUT2D eigenvalue weighted by molar-refractivity contribution is -0.870. The van der Waals surface area contributed by atoms with E-state index in [1.165, 1.54) is 25.8 Å². The van der Waals surface area contributed by atoms with Crippen LogP contribution in [0.3, 0.4) is 0 Å². The lowest BCUT2D eigenvalue weighted by Gasteiger charge is -2.23. The maximum Gasteiger partial charge on any atom is 0.119 e. The van der Waals surface area contributed by atoms with Crippen molar-refractivity contribution in [1.82, 2.24) is 0 Å². The number of halogens is 1. The highest BCUT2D eigenvalue weighted by Crippen LogP contribution is 2.23. The third-order valence-corrected chi connectivity index (χ3v) is 4.26. The number of azo groups is 1. The van der Waals surface area contributed by atoms with Crippen molar-refractivity contribution in [2.75, 3.05) is 40.9 Å². The van der Waals surface area contributed by atoms with Crippen molar-refractivity contribution in [3.8, 4) is 11.5 Å². The monoisotopic (exact) mass is 463 g/mol. The third kappa shape index (κ3) is 11.0. The zero-order valence-corrected chi connectivity index (χ0v) is 19.7. The van der Waals surface area contributed by atoms with Crippen molar-refractivity contribution < 1.29 is 30.9 Å². The van der Waals surface area contributed by atoms with Gasteiger partial charge in [0.2, 0.25) is 0 Å². The Kier molecular flexibility index (Phi) is 11.5. The standard InChI is InChI=1S/C23H34N3O2.BrH/c1-5-27-22-14-10-20(11-15-22)24-25-21-12-16-23(17-13-21)28-19-9-7-6-8-18-26(2,3)4;/h10-17H,5-9,18-19H2,1-4H3;1H/q+1;/p-1. The summed E-state index contributed by atoms with van der Waals surface area (Å²) < 4.78 is 12.3. The van der Waals surface area contributed by atoms with Gasteiger partial charge < -0.3 is 30.9 Å². The van der Waals surface area contributed by atoms with Crippen LogP contribution < -0.4 is 26.5 Å². The molecule has 0 saturated carbocycles. The van der Waals surface area contributed by atoms with Gasteiger partial charge in [0.1, 0.15) is 11.5 Å². The van der Waals surface area contributed by atoms with Crippen LogP contribution in [0.1, 0.15) is 32.6 Å². The predicted octanol–water partition coefficient (Wildman–Crippen LogP) is 3.15. The van der Waals surface area contributed by atoms with Gasteiger partial charge in [-0.3, -0.25) is 0 Å². The molecule has 2 aromatic carbocycles. The van der Waals surface area contributed by atoms with Crippen LogP contribution in [-0.4, -0.2) is 45.4 Å². The Morgan fingerprint density at radius 1 is 0.690 bits per heavy atom. The van der Waals surface area contributed by atoms with Gasteiger partial charge in [-0.2, -0.15) is 10.2 Å². The molecule has 0 unspecified atom stereocenters. The number of hydrogen-bond acceptors (Lipinski definition) is 4. The predicted molar refractivity (Wildman–Crippen MR) is 115 cm³/mol. The summed E-state index contributed by atoms with van der Waals surface area (Å²) in [7, 11) is 6.72. The SMILES string of the molecule is CCOc1ccc(N=Nc2ccc(OCCCCCC[N+](C)(C)C)cc2)cc1.[Br-]. The van der Waals surface area contributed by atoms with Gasteiger partial charge in [0.25, 0.3) is 0 Å². The van der Waals surface area contributed by atoms with E-state index in [9.17, 15) is 0 Å². The van der Waals surface area contributed by atoms with E-state index >= 15 is 0 Å². The average molecular weight is 464 g/mol. The van der Waals surface area contributed by atoms with E-state index in [-0.39, 0.29) is 17.0 Å². The van der Waals surface area contributed by atoms with Crippen LogP contribution in [0, 0.1) is 0 Å². The minimum absolute atomic E-state index is 0. The Labute approximate surface area is 186 Å². The van der Waals surface area contributed by atoms with E-state index in [2.05, 4.69) is 31.4 Å². The van der Waals surface area contributed by atoms with Crippen LogP contribution >= 0.6 is 0 Å². The van der Waals surface area contributed by atoms with Crippen LogP contribution in [0.5, 0.6) is 11.5 Å². The van der Waals surface area contributed by atoms with Gasteiger partial charge >= 0.3 is 0 Å². The van der Waals surface area contributed by atoms with Crippen LogP contribution in [-0.2, 0) is 0 Å². The fourth-order valence-corrected chi connectivity index (χ4v) is 2.73. The molecule has 29 heavy (non-hydrogen) atoms. The molecule has 2 rings (SSSR count). The maximum atomic E-state index is 5.82. The van der Waals surface area contributed by atoms with Gasteiger partial charge in [-0.25, -0.2) is 0 Å². The minimum Gasteiger partial charge on any atom is -1.00 e. The van der Waals surface area contributed by atoms with Crippen LogP contribution in [0.4, 0.5) is 11.4 Å². The molecule has 0 aliphatic rings. The van der Waals surface area contributed by atoms with Crippen molar-refractivity contribution in [3.63, 3.8) is 0 Å². The summed E-state index contributed by atoms with van der Waals surface area (Å²) in [6.45, 7) is 4.62. The van der Waals surface area contributed by atoms with Gasteiger partial charge in [0.05, 0.1) is 52.3 Å². The quantitative estimate of drug-likeness (QED) is 0.275. The maximum absolute atomic E-state index is 5.82. The summed E-state index contributed by atoms with van der Waals surface area (Å²) in [5, 5.41) is 8.53. The van der Waals surface area contributed by atoms with E-state index in [1.54, 1.807) is 0 Å². The number of quaternary nitrogens is 1. The second kappa shape index (κ2) is 13.3. The van der Waals surface area contributed by atoms with Gasteiger partial charge in [0.15, 0.2) is 0 Å². The second-order valence-corrected chi connectivity index (χ2v) is 7.90. The van der Waals surface area contributed by atoms with E-state index in [0.717, 1.165) is 40.4 Å². The summed E-state index contributed by atoms with van der Waals surface area (Å²) in [4.78, 5) is 0. The molecule has 0 atom stereocenters. The average Bonchev–Trinajstić information content (AvgIpc) is 2.67. The topological polar surface area (TPSA) is 43.2 Å². The summed E-state index contributed by atoms with van der Waals surface area (Å²) in [5.41, 5.74) is 1.61. The highest BCUT2D eigenvalue weighted by atomic mass is 79.9. The molecule has 0 amide bonds. The van der Waals surface area contributed by atoms with E-state index in [1.807, 2.05) is 55.5 Å². The number of nitrogens with zero attached hydrogens (tertiary/aromatic N) is 3. The molecule has 2 aromatic rings. The van der Waals surface area contributed by atoms with Crippen LogP contribution in [0.15, 0.2) is 58.8 Å². The van der Waals surface area contributed by atoms with Crippen molar-refractivity contribution in [2.45, 2.75) is 32.6 Å². The molecule has 160 valence electrons. The van der Waals surface area contributed by atoms with Crippen molar-refractivity contribution >= 4 is 11.4 Å². The Balaban J connectivity index is 0.00000420. The highest BCUT2D eigenvalue weighted by Gasteiger charge is 2.05. The molecule has 0 aromatic heterocycles. The Morgan fingerprint density at radius 3 is 1.66 bits per heavy atom. The number of hydrogen-bond donors (Lipinski definition) is 0. The Hall–Kier alpha value is -1.92. The molecule has 0 fully saturated rings. The number of benzene rings is 2. The van der Waals surface area contributed by atoms with E-state index < -0.39 is 0 Å². The minimum atomic E-state index is 0. The molecular weight excluding hydrogens is 430 g/mol. The van der Waals surface area contributed by atoms with Gasteiger partial charge in [-0.1, -0.05) is 0 Å². The molecule has 0 heterocycles. The normalized spacial score (nSPS) is 11.3. The zero-order chi connectivity index (χ0) is 20.2. The molecule has 0 spiro atoms. The Morgan fingerprint density at radius 2 is 1.17 bits per heavy atom. The van der Waals surface area contributed by atoms with Crippen LogP contribution in [0.25, 0.3) is 0 Å². The van der Waals surface area contributed by atoms with Crippen molar-refractivity contribution in [2.24, 2.45) is 10.2 Å². The largest absolute Gasteiger partial charge is 1.00 e. The molecule has 0 N–H and O–H groups in total. The number of unbranched alkanes of at least 4 members (excludes halogenated alkanes) is 3. The Bertz CT molecular complexity index is 710. The summed E-state index contributed by atoms with van der Waals surface area (Å²) in [6.07, 6.45) is 4.85. The molecular formula is C23H34BrN3O2. The van der Waals surface area contributed by atoms with Crippen LogP contribution in [0.2, 0.25) is 0 Å². The summed E-state index contributed by atoms with van der Waals surface area (Å²) in [6, 6.07) is 15.3. The molecule has 0 radical (unpaired) electrons. The fraction of sp³-hybridized carbons (Fsp3) is 0.478. The number of ether oxygens (including phenoxy) is 2. The molecule has 6 heteroatoms. The first-order valence-corrected chi connectivity index (χ1v) is 10.1. The first-order chi connectivity index (χ1) is 13.5. The van der Waals surface area contributed by atoms with Crippen molar-refractivity contribution in [1.29, 1.82) is 0 Å². The number of rotatable bonds is 12. The van der Waals surface area contributed by atoms with Gasteiger partial charge in [-0.15, -0.1) is 0 Å². The molecule has 0 aliphatic heterocycles. The lowest BCUT2D eigenvalue weighted by atomic mass is 10.2. The molecule has 5 nitrogen and oxygen atoms in total. The highest BCUT2D eigenvalue weighted by molar-refractivity contribution is 5.44. The smallest absolute Gasteiger partial charge is 0.119 e. The van der Waals surface area contributed by atoms with Gasteiger partial charge in [-0.05, 0) is 81.1 Å². The lowest BCUT2D eigenvalue weighted by Crippen LogP contribution is -3.00. The third-order valence-electron chi connectivity index (χ3n) is 4.26. The molecule has 0 bridgehead atoms. The molecule has 0 aliphatic carbocycles. The first-order valence-electron chi connectivity index (χ1n) is 10.1. The summed E-state index contributed by atoms with van der Waals surface area (Å²) >= 11 is 0. The second-order valence-electron chi connectivity index (χ2n) is 7.90. The zero-order valence-electron chi connectivity index (χ0n) is 18.1. The first kappa shape index (κ1) is 25.1. The van der Waals surface area contributed by atoms with Crippen molar-refractivity contribution in [3.05, 3.63) is 48.5 Å².